The standard InChI is InChI=1S/C22H28N2O/c1-23(22(25)18-8-5-9-18)20-12-14-24(15-13-20)16-19-10-4-7-17-6-2-3-11-21(17)19/h2-4,6-7,10-11,18,20H,5,8-9,12-16H2,1H3. The van der Waals surface area contributed by atoms with Crippen molar-refractivity contribution in [2.24, 2.45) is 5.92 Å². The maximum atomic E-state index is 12.5. The Balaban J connectivity index is 1.36. The summed E-state index contributed by atoms with van der Waals surface area (Å²) < 4.78 is 0. The van der Waals surface area contributed by atoms with Crippen LogP contribution in [0.5, 0.6) is 0 Å². The molecule has 2 aliphatic rings. The lowest BCUT2D eigenvalue weighted by atomic mass is 9.84. The van der Waals surface area contributed by atoms with Gasteiger partial charge in [-0.1, -0.05) is 48.9 Å². The first-order chi connectivity index (χ1) is 12.2. The third-order valence-electron chi connectivity index (χ3n) is 6.18. The molecule has 3 heteroatoms. The zero-order valence-corrected chi connectivity index (χ0v) is 15.2. The molecule has 1 saturated heterocycles. The maximum absolute atomic E-state index is 12.5. The molecule has 2 aromatic carbocycles. The van der Waals surface area contributed by atoms with Crippen LogP contribution in [-0.2, 0) is 11.3 Å². The Morgan fingerprint density at radius 2 is 1.76 bits per heavy atom. The van der Waals surface area contributed by atoms with Crippen molar-refractivity contribution in [1.82, 2.24) is 9.80 Å². The summed E-state index contributed by atoms with van der Waals surface area (Å²) in [5, 5.41) is 2.69. The first kappa shape index (κ1) is 16.6. The molecule has 0 radical (unpaired) electrons. The Morgan fingerprint density at radius 1 is 1.04 bits per heavy atom. The van der Waals surface area contributed by atoms with E-state index in [4.69, 9.17) is 0 Å². The fraction of sp³-hybridized carbons (Fsp3) is 0.500. The lowest BCUT2D eigenvalue weighted by Crippen LogP contribution is -2.48. The van der Waals surface area contributed by atoms with Crippen molar-refractivity contribution < 1.29 is 4.79 Å². The number of nitrogens with zero attached hydrogens (tertiary/aromatic N) is 2. The predicted octanol–water partition coefficient (Wildman–Crippen LogP) is 4.06. The van der Waals surface area contributed by atoms with E-state index >= 15 is 0 Å². The van der Waals surface area contributed by atoms with Crippen molar-refractivity contribution in [3.05, 3.63) is 48.0 Å². The molecule has 2 aromatic rings. The van der Waals surface area contributed by atoms with Gasteiger partial charge in [-0.05, 0) is 42.0 Å². The summed E-state index contributed by atoms with van der Waals surface area (Å²) in [5.74, 6) is 0.706. The summed E-state index contributed by atoms with van der Waals surface area (Å²) in [4.78, 5) is 17.1. The van der Waals surface area contributed by atoms with Gasteiger partial charge >= 0.3 is 0 Å². The Labute approximate surface area is 150 Å². The number of hydrogen-bond donors (Lipinski definition) is 0. The Kier molecular flexibility index (Phi) is 4.76. The summed E-state index contributed by atoms with van der Waals surface area (Å²) >= 11 is 0. The number of carbonyl (C=O) groups excluding carboxylic acids is 1. The highest BCUT2D eigenvalue weighted by molar-refractivity contribution is 5.85. The van der Waals surface area contributed by atoms with Gasteiger partial charge in [0.2, 0.25) is 5.91 Å². The van der Waals surface area contributed by atoms with Crippen LogP contribution in [-0.4, -0.2) is 41.9 Å². The molecule has 1 aliphatic heterocycles. The van der Waals surface area contributed by atoms with Gasteiger partial charge in [0.1, 0.15) is 0 Å². The fourth-order valence-electron chi connectivity index (χ4n) is 4.26. The van der Waals surface area contributed by atoms with Crippen molar-refractivity contribution in [2.45, 2.75) is 44.7 Å². The van der Waals surface area contributed by atoms with Crippen molar-refractivity contribution in [1.29, 1.82) is 0 Å². The fourth-order valence-corrected chi connectivity index (χ4v) is 4.26. The van der Waals surface area contributed by atoms with Crippen molar-refractivity contribution >= 4 is 16.7 Å². The van der Waals surface area contributed by atoms with Crippen molar-refractivity contribution in [2.75, 3.05) is 20.1 Å². The summed E-state index contributed by atoms with van der Waals surface area (Å²) in [5.41, 5.74) is 1.41. The quantitative estimate of drug-likeness (QED) is 0.840. The van der Waals surface area contributed by atoms with Gasteiger partial charge in [0.15, 0.2) is 0 Å². The van der Waals surface area contributed by atoms with Crippen LogP contribution >= 0.6 is 0 Å². The number of hydrogen-bond acceptors (Lipinski definition) is 2. The van der Waals surface area contributed by atoms with Gasteiger partial charge in [0, 0.05) is 38.6 Å². The molecule has 25 heavy (non-hydrogen) atoms. The van der Waals surface area contributed by atoms with E-state index in [1.54, 1.807) is 0 Å². The maximum Gasteiger partial charge on any atom is 0.225 e. The second-order valence-corrected chi connectivity index (χ2v) is 7.72. The van der Waals surface area contributed by atoms with E-state index in [9.17, 15) is 4.79 Å². The molecular formula is C22H28N2O. The molecule has 0 aromatic heterocycles. The SMILES string of the molecule is CN(C(=O)C1CCC1)C1CCN(Cc2cccc3ccccc23)CC1. The highest BCUT2D eigenvalue weighted by Crippen LogP contribution is 2.30. The van der Waals surface area contributed by atoms with Crippen LogP contribution < -0.4 is 0 Å². The number of carbonyl (C=O) groups is 1. The lowest BCUT2D eigenvalue weighted by Gasteiger charge is -2.39. The van der Waals surface area contributed by atoms with E-state index in [1.807, 2.05) is 7.05 Å². The largest absolute Gasteiger partial charge is 0.342 e. The number of likely N-dealkylation sites (tertiary alicyclic amines) is 1. The minimum absolute atomic E-state index is 0.318. The molecule has 1 saturated carbocycles. The third-order valence-corrected chi connectivity index (χ3v) is 6.18. The molecule has 0 spiro atoms. The van der Waals surface area contributed by atoms with E-state index in [0.29, 0.717) is 17.9 Å². The van der Waals surface area contributed by atoms with Crippen LogP contribution in [0.3, 0.4) is 0 Å². The molecule has 1 aliphatic carbocycles. The second kappa shape index (κ2) is 7.17. The molecular weight excluding hydrogens is 308 g/mol. The van der Waals surface area contributed by atoms with E-state index in [1.165, 1.54) is 22.8 Å². The zero-order chi connectivity index (χ0) is 17.2. The molecule has 0 unspecified atom stereocenters. The van der Waals surface area contributed by atoms with Gasteiger partial charge in [0.05, 0.1) is 0 Å². The minimum Gasteiger partial charge on any atom is -0.342 e. The number of rotatable bonds is 4. The average Bonchev–Trinajstić information content (AvgIpc) is 2.60. The Hall–Kier alpha value is -1.87. The van der Waals surface area contributed by atoms with E-state index in [-0.39, 0.29) is 0 Å². The summed E-state index contributed by atoms with van der Waals surface area (Å²) in [6, 6.07) is 15.7. The number of piperidine rings is 1. The predicted molar refractivity (Wildman–Crippen MR) is 102 cm³/mol. The van der Waals surface area contributed by atoms with Gasteiger partial charge in [0.25, 0.3) is 0 Å². The minimum atomic E-state index is 0.318. The molecule has 132 valence electrons. The molecule has 4 rings (SSSR count). The van der Waals surface area contributed by atoms with E-state index < -0.39 is 0 Å². The normalized spacial score (nSPS) is 19.7. The van der Waals surface area contributed by atoms with Crippen LogP contribution in [0.2, 0.25) is 0 Å². The van der Waals surface area contributed by atoms with Crippen LogP contribution in [0, 0.1) is 5.92 Å². The van der Waals surface area contributed by atoms with E-state index in [2.05, 4.69) is 52.3 Å². The molecule has 1 heterocycles. The average molecular weight is 336 g/mol. The monoisotopic (exact) mass is 336 g/mol. The van der Waals surface area contributed by atoms with E-state index in [0.717, 1.165) is 45.3 Å². The first-order valence-electron chi connectivity index (χ1n) is 9.68. The van der Waals surface area contributed by atoms with Crippen molar-refractivity contribution in [3.8, 4) is 0 Å². The highest BCUT2D eigenvalue weighted by Gasteiger charge is 2.32. The van der Waals surface area contributed by atoms with Gasteiger partial charge in [-0.2, -0.15) is 0 Å². The molecule has 0 N–H and O–H groups in total. The van der Waals surface area contributed by atoms with Crippen LogP contribution in [0.4, 0.5) is 0 Å². The number of benzene rings is 2. The van der Waals surface area contributed by atoms with Gasteiger partial charge in [-0.25, -0.2) is 0 Å². The molecule has 0 atom stereocenters. The summed E-state index contributed by atoms with van der Waals surface area (Å²) in [6.45, 7) is 3.17. The number of amides is 1. The molecule has 1 amide bonds. The topological polar surface area (TPSA) is 23.6 Å². The second-order valence-electron chi connectivity index (χ2n) is 7.72. The molecule has 0 bridgehead atoms. The van der Waals surface area contributed by atoms with Crippen molar-refractivity contribution in [3.63, 3.8) is 0 Å². The molecule has 3 nitrogen and oxygen atoms in total. The van der Waals surface area contributed by atoms with Crippen LogP contribution in [0.15, 0.2) is 42.5 Å². The number of fused-ring (bicyclic) bond motifs is 1. The highest BCUT2D eigenvalue weighted by atomic mass is 16.2. The van der Waals surface area contributed by atoms with Gasteiger partial charge in [-0.15, -0.1) is 0 Å². The lowest BCUT2D eigenvalue weighted by molar-refractivity contribution is -0.139. The third kappa shape index (κ3) is 3.43. The Morgan fingerprint density at radius 3 is 2.48 bits per heavy atom. The summed E-state index contributed by atoms with van der Waals surface area (Å²) in [7, 11) is 2.02. The smallest absolute Gasteiger partial charge is 0.225 e. The Bertz CT molecular complexity index is 739. The first-order valence-corrected chi connectivity index (χ1v) is 9.68. The summed E-state index contributed by atoms with van der Waals surface area (Å²) in [6.07, 6.45) is 5.62. The van der Waals surface area contributed by atoms with Crippen LogP contribution in [0.25, 0.3) is 10.8 Å². The molecule has 2 fully saturated rings. The van der Waals surface area contributed by atoms with Gasteiger partial charge in [-0.3, -0.25) is 9.69 Å². The van der Waals surface area contributed by atoms with Gasteiger partial charge < -0.3 is 4.90 Å². The van der Waals surface area contributed by atoms with Crippen LogP contribution in [0.1, 0.15) is 37.7 Å². The zero-order valence-electron chi connectivity index (χ0n) is 15.2.